The van der Waals surface area contributed by atoms with Crippen molar-refractivity contribution < 1.29 is 4.79 Å². The van der Waals surface area contributed by atoms with Gasteiger partial charge in [0.2, 0.25) is 11.9 Å². The lowest BCUT2D eigenvalue weighted by Crippen LogP contribution is -2.48. The molecule has 0 bridgehead atoms. The maximum atomic E-state index is 12.9. The van der Waals surface area contributed by atoms with Gasteiger partial charge in [-0.2, -0.15) is 0 Å². The number of anilines is 1. The van der Waals surface area contributed by atoms with E-state index in [0.29, 0.717) is 28.9 Å². The van der Waals surface area contributed by atoms with Crippen molar-refractivity contribution in [1.82, 2.24) is 24.5 Å². The molecule has 8 heteroatoms. The number of thioether (sulfide) groups is 1. The zero-order valence-corrected chi connectivity index (χ0v) is 18.5. The SMILES string of the molecule is Cc1nc(N)n2c(SCC(=O)N3C(C)CCCC3C)nnc2c1Cc1ccccc1. The molecule has 30 heavy (non-hydrogen) atoms. The molecule has 0 aliphatic carbocycles. The van der Waals surface area contributed by atoms with Crippen LogP contribution in [0.4, 0.5) is 5.95 Å². The summed E-state index contributed by atoms with van der Waals surface area (Å²) < 4.78 is 1.77. The number of nitrogens with two attached hydrogens (primary N) is 1. The lowest BCUT2D eigenvalue weighted by molar-refractivity contribution is -0.134. The molecule has 2 N–H and O–H groups in total. The number of hydrogen-bond donors (Lipinski definition) is 1. The molecule has 1 aliphatic rings. The van der Waals surface area contributed by atoms with E-state index in [1.165, 1.54) is 23.7 Å². The Bertz CT molecular complexity index is 1040. The number of carbonyl (C=O) groups is 1. The summed E-state index contributed by atoms with van der Waals surface area (Å²) in [5, 5.41) is 9.35. The maximum absolute atomic E-state index is 12.9. The third-order valence-electron chi connectivity index (χ3n) is 5.88. The number of aryl methyl sites for hydroxylation is 1. The number of rotatable bonds is 5. The number of nitrogen functional groups attached to an aromatic ring is 1. The Morgan fingerprint density at radius 1 is 1.17 bits per heavy atom. The first-order valence-electron chi connectivity index (χ1n) is 10.4. The second-order valence-corrected chi connectivity index (χ2v) is 9.00. The fourth-order valence-electron chi connectivity index (χ4n) is 4.34. The first-order valence-corrected chi connectivity index (χ1v) is 11.4. The molecule has 0 radical (unpaired) electrons. The molecule has 2 aromatic heterocycles. The number of fused-ring (bicyclic) bond motifs is 1. The molecule has 1 aliphatic heterocycles. The molecular formula is C22H28N6OS. The van der Waals surface area contributed by atoms with Crippen molar-refractivity contribution in [2.45, 2.75) is 63.7 Å². The summed E-state index contributed by atoms with van der Waals surface area (Å²) in [5.74, 6) is 0.801. The molecule has 2 atom stereocenters. The Balaban J connectivity index is 1.58. The highest BCUT2D eigenvalue weighted by atomic mass is 32.2. The van der Waals surface area contributed by atoms with Gasteiger partial charge in [0, 0.05) is 29.8 Å². The van der Waals surface area contributed by atoms with Crippen molar-refractivity contribution in [2.75, 3.05) is 11.5 Å². The predicted octanol–water partition coefficient (Wildman–Crippen LogP) is 3.49. The molecule has 1 amide bonds. The molecule has 2 unspecified atom stereocenters. The van der Waals surface area contributed by atoms with Gasteiger partial charge in [0.05, 0.1) is 5.75 Å². The van der Waals surface area contributed by atoms with Crippen LogP contribution in [-0.2, 0) is 11.2 Å². The van der Waals surface area contributed by atoms with Crippen molar-refractivity contribution in [1.29, 1.82) is 0 Å². The van der Waals surface area contributed by atoms with Gasteiger partial charge in [0.25, 0.3) is 0 Å². The van der Waals surface area contributed by atoms with Gasteiger partial charge in [-0.1, -0.05) is 42.1 Å². The van der Waals surface area contributed by atoms with E-state index in [4.69, 9.17) is 5.73 Å². The number of carbonyl (C=O) groups excluding carboxylic acids is 1. The molecule has 1 saturated heterocycles. The fraction of sp³-hybridized carbons (Fsp3) is 0.455. The highest BCUT2D eigenvalue weighted by Gasteiger charge is 2.29. The second-order valence-electron chi connectivity index (χ2n) is 8.06. The van der Waals surface area contributed by atoms with E-state index in [2.05, 4.69) is 41.2 Å². The van der Waals surface area contributed by atoms with Crippen LogP contribution in [0.5, 0.6) is 0 Å². The van der Waals surface area contributed by atoms with Crippen LogP contribution >= 0.6 is 11.8 Å². The largest absolute Gasteiger partial charge is 0.369 e. The summed E-state index contributed by atoms with van der Waals surface area (Å²) in [6.45, 7) is 6.20. The van der Waals surface area contributed by atoms with Gasteiger partial charge in [-0.05, 0) is 45.6 Å². The smallest absolute Gasteiger partial charge is 0.233 e. The van der Waals surface area contributed by atoms with Gasteiger partial charge in [-0.25, -0.2) is 9.38 Å². The summed E-state index contributed by atoms with van der Waals surface area (Å²) in [6, 6.07) is 10.8. The molecule has 0 saturated carbocycles. The third kappa shape index (κ3) is 4.01. The topological polar surface area (TPSA) is 89.4 Å². The van der Waals surface area contributed by atoms with Crippen LogP contribution in [0.1, 0.15) is 49.9 Å². The number of aromatic nitrogens is 4. The molecule has 0 spiro atoms. The van der Waals surface area contributed by atoms with E-state index in [1.54, 1.807) is 4.40 Å². The lowest BCUT2D eigenvalue weighted by Gasteiger charge is -2.39. The van der Waals surface area contributed by atoms with Gasteiger partial charge in [0.1, 0.15) is 0 Å². The van der Waals surface area contributed by atoms with Crippen LogP contribution in [0.15, 0.2) is 35.5 Å². The van der Waals surface area contributed by atoms with Crippen LogP contribution < -0.4 is 5.73 Å². The Labute approximate surface area is 181 Å². The van der Waals surface area contributed by atoms with Gasteiger partial charge in [-0.15, -0.1) is 10.2 Å². The standard InChI is InChI=1S/C22H28N6OS/c1-14-8-7-9-15(2)27(14)19(29)13-30-22-26-25-20-18(12-17-10-5-4-6-11-17)16(3)24-21(23)28(20)22/h4-6,10-11,14-15H,7-9,12-13H2,1-3H3,(H2,23,24). The zero-order chi connectivity index (χ0) is 21.3. The number of amides is 1. The Hall–Kier alpha value is -2.61. The van der Waals surface area contributed by atoms with E-state index in [0.717, 1.165) is 24.1 Å². The minimum atomic E-state index is 0.139. The van der Waals surface area contributed by atoms with Gasteiger partial charge in [-0.3, -0.25) is 4.79 Å². The summed E-state index contributed by atoms with van der Waals surface area (Å²) >= 11 is 1.38. The number of hydrogen-bond acceptors (Lipinski definition) is 6. The molecular weight excluding hydrogens is 396 g/mol. The highest BCUT2D eigenvalue weighted by molar-refractivity contribution is 7.99. The van der Waals surface area contributed by atoms with Crippen molar-refractivity contribution in [3.05, 3.63) is 47.2 Å². The molecule has 3 aromatic rings. The minimum Gasteiger partial charge on any atom is -0.369 e. The molecule has 3 heterocycles. The Kier molecular flexibility index (Phi) is 5.94. The zero-order valence-electron chi connectivity index (χ0n) is 17.7. The van der Waals surface area contributed by atoms with Crippen LogP contribution in [0, 0.1) is 6.92 Å². The van der Waals surface area contributed by atoms with Crippen molar-refractivity contribution >= 4 is 29.3 Å². The van der Waals surface area contributed by atoms with E-state index >= 15 is 0 Å². The maximum Gasteiger partial charge on any atom is 0.233 e. The molecule has 4 rings (SSSR count). The minimum absolute atomic E-state index is 0.139. The quantitative estimate of drug-likeness (QED) is 0.631. The normalized spacial score (nSPS) is 19.4. The van der Waals surface area contributed by atoms with E-state index in [-0.39, 0.29) is 18.0 Å². The van der Waals surface area contributed by atoms with Crippen LogP contribution in [0.3, 0.4) is 0 Å². The van der Waals surface area contributed by atoms with Crippen LogP contribution in [0.2, 0.25) is 0 Å². The molecule has 158 valence electrons. The molecule has 1 fully saturated rings. The van der Waals surface area contributed by atoms with Crippen LogP contribution in [0.25, 0.3) is 5.65 Å². The predicted molar refractivity (Wildman–Crippen MR) is 120 cm³/mol. The highest BCUT2D eigenvalue weighted by Crippen LogP contribution is 2.27. The van der Waals surface area contributed by atoms with E-state index < -0.39 is 0 Å². The van der Waals surface area contributed by atoms with Gasteiger partial charge < -0.3 is 10.6 Å². The summed E-state index contributed by atoms with van der Waals surface area (Å²) in [4.78, 5) is 19.4. The first kappa shape index (κ1) is 20.7. The van der Waals surface area contributed by atoms with E-state index in [1.807, 2.05) is 30.0 Å². The Morgan fingerprint density at radius 3 is 2.57 bits per heavy atom. The number of nitrogens with zero attached hydrogens (tertiary/aromatic N) is 5. The van der Waals surface area contributed by atoms with Crippen molar-refractivity contribution in [3.63, 3.8) is 0 Å². The van der Waals surface area contributed by atoms with Gasteiger partial charge in [0.15, 0.2) is 10.8 Å². The number of likely N-dealkylation sites (tertiary alicyclic amines) is 1. The summed E-state index contributed by atoms with van der Waals surface area (Å²) in [7, 11) is 0. The monoisotopic (exact) mass is 424 g/mol. The average molecular weight is 425 g/mol. The van der Waals surface area contributed by atoms with Crippen molar-refractivity contribution in [2.24, 2.45) is 0 Å². The third-order valence-corrected chi connectivity index (χ3v) is 6.80. The lowest BCUT2D eigenvalue weighted by atomic mass is 9.98. The second kappa shape index (κ2) is 8.63. The average Bonchev–Trinajstić information content (AvgIpc) is 3.15. The number of benzene rings is 1. The molecule has 1 aromatic carbocycles. The Morgan fingerprint density at radius 2 is 1.87 bits per heavy atom. The first-order chi connectivity index (χ1) is 14.5. The number of piperidine rings is 1. The van der Waals surface area contributed by atoms with Gasteiger partial charge >= 0.3 is 0 Å². The summed E-state index contributed by atoms with van der Waals surface area (Å²) in [6.07, 6.45) is 4.01. The molecule has 7 nitrogen and oxygen atoms in total. The van der Waals surface area contributed by atoms with E-state index in [9.17, 15) is 4.79 Å². The summed E-state index contributed by atoms with van der Waals surface area (Å²) in [5.41, 5.74) is 9.95. The van der Waals surface area contributed by atoms with Crippen LogP contribution in [-0.4, -0.2) is 48.2 Å². The van der Waals surface area contributed by atoms with Crippen molar-refractivity contribution in [3.8, 4) is 0 Å². The fourth-order valence-corrected chi connectivity index (χ4v) is 5.15.